The van der Waals surface area contributed by atoms with Gasteiger partial charge >= 0.3 is 0 Å². The van der Waals surface area contributed by atoms with Gasteiger partial charge in [0.25, 0.3) is 0 Å². The number of carbonyl (C=O) groups excluding carboxylic acids is 1. The van der Waals surface area contributed by atoms with E-state index in [4.69, 9.17) is 5.73 Å². The number of anilines is 2. The molecule has 2 rings (SSSR count). The molecule has 1 aliphatic rings. The number of amides is 1. The number of nitrogens with one attached hydrogen (secondary N) is 1. The average Bonchev–Trinajstić information content (AvgIpc) is 2.40. The minimum absolute atomic E-state index is 0.0543. The molecule has 1 aromatic rings. The predicted molar refractivity (Wildman–Crippen MR) is 82.2 cm³/mol. The van der Waals surface area contributed by atoms with E-state index in [1.54, 1.807) is 6.92 Å². The Morgan fingerprint density at radius 3 is 2.79 bits per heavy atom. The van der Waals surface area contributed by atoms with Crippen molar-refractivity contribution in [1.29, 1.82) is 0 Å². The van der Waals surface area contributed by atoms with Crippen molar-refractivity contribution in [3.05, 3.63) is 22.7 Å². The molecule has 0 aromatic heterocycles. The Labute approximate surface area is 122 Å². The van der Waals surface area contributed by atoms with Crippen molar-refractivity contribution in [2.24, 2.45) is 5.92 Å². The highest BCUT2D eigenvalue weighted by Gasteiger charge is 2.20. The smallest absolute Gasteiger partial charge is 0.216 e. The van der Waals surface area contributed by atoms with E-state index in [-0.39, 0.29) is 5.91 Å². The third kappa shape index (κ3) is 3.86. The van der Waals surface area contributed by atoms with Gasteiger partial charge in [0.1, 0.15) is 0 Å². The first-order valence-electron chi connectivity index (χ1n) is 6.60. The van der Waals surface area contributed by atoms with Gasteiger partial charge in [-0.1, -0.05) is 15.9 Å². The molecule has 1 aromatic carbocycles. The van der Waals surface area contributed by atoms with Gasteiger partial charge in [-0.2, -0.15) is 0 Å². The van der Waals surface area contributed by atoms with Crippen LogP contribution in [0, 0.1) is 5.92 Å². The normalized spacial score (nSPS) is 16.4. The van der Waals surface area contributed by atoms with Crippen LogP contribution in [0.15, 0.2) is 22.7 Å². The summed E-state index contributed by atoms with van der Waals surface area (Å²) >= 11 is 3.49. The second-order valence-corrected chi connectivity index (χ2v) is 5.99. The molecule has 0 radical (unpaired) electrons. The summed E-state index contributed by atoms with van der Waals surface area (Å²) in [6.07, 6.45) is 2.18. The van der Waals surface area contributed by atoms with Crippen molar-refractivity contribution in [2.75, 3.05) is 30.3 Å². The van der Waals surface area contributed by atoms with Gasteiger partial charge in [0.15, 0.2) is 0 Å². The highest BCUT2D eigenvalue weighted by atomic mass is 79.9. The van der Waals surface area contributed by atoms with Gasteiger partial charge in [-0.25, -0.2) is 0 Å². The number of rotatable bonds is 3. The number of halogens is 1. The van der Waals surface area contributed by atoms with Gasteiger partial charge in [0, 0.05) is 31.0 Å². The maximum atomic E-state index is 10.9. The first-order valence-corrected chi connectivity index (χ1v) is 7.40. The van der Waals surface area contributed by atoms with Gasteiger partial charge in [0.2, 0.25) is 5.91 Å². The number of hydrogen-bond acceptors (Lipinski definition) is 3. The highest BCUT2D eigenvalue weighted by Crippen LogP contribution is 2.30. The van der Waals surface area contributed by atoms with Crippen molar-refractivity contribution in [2.45, 2.75) is 19.8 Å². The fourth-order valence-electron chi connectivity index (χ4n) is 2.46. The van der Waals surface area contributed by atoms with E-state index in [9.17, 15) is 4.79 Å². The Kier molecular flexibility index (Phi) is 4.69. The van der Waals surface area contributed by atoms with Crippen LogP contribution in [0.3, 0.4) is 0 Å². The van der Waals surface area contributed by atoms with E-state index in [0.717, 1.165) is 48.3 Å². The van der Waals surface area contributed by atoms with Gasteiger partial charge in [-0.15, -0.1) is 0 Å². The molecule has 19 heavy (non-hydrogen) atoms. The summed E-state index contributed by atoms with van der Waals surface area (Å²) in [5.74, 6) is 0.632. The van der Waals surface area contributed by atoms with E-state index in [1.807, 2.05) is 12.1 Å². The zero-order valence-corrected chi connectivity index (χ0v) is 12.7. The van der Waals surface area contributed by atoms with E-state index in [2.05, 4.69) is 32.2 Å². The van der Waals surface area contributed by atoms with E-state index in [1.165, 1.54) is 0 Å². The number of carbonyl (C=O) groups is 1. The minimum Gasteiger partial charge on any atom is -0.397 e. The number of nitrogen functional groups attached to an aromatic ring is 1. The number of piperidine rings is 1. The Morgan fingerprint density at radius 1 is 1.47 bits per heavy atom. The standard InChI is InChI=1S/C14H20BrN3O/c1-10(19)17-9-11-4-6-18(7-5-11)14-8-12(15)2-3-13(14)16/h2-3,8,11H,4-7,9,16H2,1H3,(H,17,19). The molecule has 4 nitrogen and oxygen atoms in total. The van der Waals surface area contributed by atoms with Crippen LogP contribution in [0.4, 0.5) is 11.4 Å². The Bertz CT molecular complexity index is 456. The maximum Gasteiger partial charge on any atom is 0.216 e. The quantitative estimate of drug-likeness (QED) is 0.839. The van der Waals surface area contributed by atoms with Crippen LogP contribution < -0.4 is 16.0 Å². The molecule has 0 spiro atoms. The molecule has 3 N–H and O–H groups in total. The summed E-state index contributed by atoms with van der Waals surface area (Å²) in [7, 11) is 0. The second kappa shape index (κ2) is 6.28. The Hall–Kier alpha value is -1.23. The molecule has 1 heterocycles. The Morgan fingerprint density at radius 2 is 2.16 bits per heavy atom. The first kappa shape index (κ1) is 14.2. The maximum absolute atomic E-state index is 10.9. The fourth-order valence-corrected chi connectivity index (χ4v) is 2.81. The van der Waals surface area contributed by atoms with Crippen LogP contribution in [0.5, 0.6) is 0 Å². The molecule has 0 saturated carbocycles. The summed E-state index contributed by atoms with van der Waals surface area (Å²) in [6, 6.07) is 5.97. The monoisotopic (exact) mass is 325 g/mol. The van der Waals surface area contributed by atoms with Crippen molar-refractivity contribution < 1.29 is 4.79 Å². The van der Waals surface area contributed by atoms with E-state index >= 15 is 0 Å². The molecule has 1 aliphatic heterocycles. The molecule has 1 saturated heterocycles. The van der Waals surface area contributed by atoms with Crippen LogP contribution >= 0.6 is 15.9 Å². The highest BCUT2D eigenvalue weighted by molar-refractivity contribution is 9.10. The van der Waals surface area contributed by atoms with Crippen molar-refractivity contribution in [3.8, 4) is 0 Å². The lowest BCUT2D eigenvalue weighted by Gasteiger charge is -2.34. The van der Waals surface area contributed by atoms with Crippen LogP contribution in [0.1, 0.15) is 19.8 Å². The average molecular weight is 326 g/mol. The Balaban J connectivity index is 1.92. The summed E-state index contributed by atoms with van der Waals surface area (Å²) in [4.78, 5) is 13.2. The summed E-state index contributed by atoms with van der Waals surface area (Å²) < 4.78 is 1.05. The molecule has 0 aliphatic carbocycles. The van der Waals surface area contributed by atoms with Gasteiger partial charge in [-0.3, -0.25) is 4.79 Å². The second-order valence-electron chi connectivity index (χ2n) is 5.07. The molecular weight excluding hydrogens is 306 g/mol. The van der Waals surface area contributed by atoms with Crippen LogP contribution in [0.25, 0.3) is 0 Å². The topological polar surface area (TPSA) is 58.4 Å². The number of hydrogen-bond donors (Lipinski definition) is 2. The molecule has 1 amide bonds. The lowest BCUT2D eigenvalue weighted by molar-refractivity contribution is -0.119. The zero-order valence-electron chi connectivity index (χ0n) is 11.2. The van der Waals surface area contributed by atoms with Crippen molar-refractivity contribution in [3.63, 3.8) is 0 Å². The molecule has 5 heteroatoms. The lowest BCUT2D eigenvalue weighted by atomic mass is 9.96. The molecule has 0 bridgehead atoms. The summed E-state index contributed by atoms with van der Waals surface area (Å²) in [6.45, 7) is 4.34. The molecular formula is C14H20BrN3O. The SMILES string of the molecule is CC(=O)NCC1CCN(c2cc(Br)ccc2N)CC1. The van der Waals surface area contributed by atoms with Gasteiger partial charge in [-0.05, 0) is 37.0 Å². The van der Waals surface area contributed by atoms with E-state index < -0.39 is 0 Å². The third-order valence-corrected chi connectivity index (χ3v) is 4.08. The molecule has 0 unspecified atom stereocenters. The van der Waals surface area contributed by atoms with Crippen molar-refractivity contribution in [1.82, 2.24) is 5.32 Å². The lowest BCUT2D eigenvalue weighted by Crippen LogP contribution is -2.38. The van der Waals surface area contributed by atoms with Crippen LogP contribution in [-0.2, 0) is 4.79 Å². The predicted octanol–water partition coefficient (Wildman–Crippen LogP) is 2.38. The van der Waals surface area contributed by atoms with Crippen LogP contribution in [-0.4, -0.2) is 25.5 Å². The number of nitrogens with zero attached hydrogens (tertiary/aromatic N) is 1. The van der Waals surface area contributed by atoms with Crippen molar-refractivity contribution >= 4 is 33.2 Å². The minimum atomic E-state index is 0.0543. The molecule has 0 atom stereocenters. The van der Waals surface area contributed by atoms with E-state index in [0.29, 0.717) is 5.92 Å². The summed E-state index contributed by atoms with van der Waals surface area (Å²) in [5.41, 5.74) is 7.96. The first-order chi connectivity index (χ1) is 9.06. The van der Waals surface area contributed by atoms with Gasteiger partial charge in [0.05, 0.1) is 11.4 Å². The zero-order chi connectivity index (χ0) is 13.8. The van der Waals surface area contributed by atoms with Crippen LogP contribution in [0.2, 0.25) is 0 Å². The molecule has 1 fully saturated rings. The largest absolute Gasteiger partial charge is 0.397 e. The number of benzene rings is 1. The third-order valence-electron chi connectivity index (χ3n) is 3.59. The number of nitrogens with two attached hydrogens (primary N) is 1. The molecule has 104 valence electrons. The fraction of sp³-hybridized carbons (Fsp3) is 0.500. The summed E-state index contributed by atoms with van der Waals surface area (Å²) in [5, 5.41) is 2.90. The van der Waals surface area contributed by atoms with Gasteiger partial charge < -0.3 is 16.0 Å².